The number of hydrogen-bond acceptors (Lipinski definition) is 2. The van der Waals surface area contributed by atoms with E-state index >= 15 is 0 Å². The summed E-state index contributed by atoms with van der Waals surface area (Å²) in [6, 6.07) is -0.117. The van der Waals surface area contributed by atoms with Crippen LogP contribution in [0.15, 0.2) is 0 Å². The highest BCUT2D eigenvalue weighted by atomic mass is 35.5. The Morgan fingerprint density at radius 2 is 1.93 bits per heavy atom. The van der Waals surface area contributed by atoms with Crippen LogP contribution in [0.5, 0.6) is 0 Å². The summed E-state index contributed by atoms with van der Waals surface area (Å²) in [5, 5.41) is -0.224. The van der Waals surface area contributed by atoms with E-state index in [1.165, 1.54) is 0 Å². The quantitative estimate of drug-likeness (QED) is 0.614. The van der Waals surface area contributed by atoms with Crippen molar-refractivity contribution in [1.82, 2.24) is 4.90 Å². The van der Waals surface area contributed by atoms with Gasteiger partial charge in [0.15, 0.2) is 0 Å². The Labute approximate surface area is 92.6 Å². The topological polar surface area (TPSA) is 20.3 Å². The lowest BCUT2D eigenvalue weighted by molar-refractivity contribution is -0.117. The molecule has 0 fully saturated rings. The van der Waals surface area contributed by atoms with Gasteiger partial charge in [-0.15, -0.1) is 0 Å². The van der Waals surface area contributed by atoms with Crippen LogP contribution in [0.25, 0.3) is 0 Å². The third-order valence-electron chi connectivity index (χ3n) is 2.46. The van der Waals surface area contributed by atoms with E-state index in [1.807, 2.05) is 13.8 Å². The van der Waals surface area contributed by atoms with Crippen LogP contribution >= 0.6 is 11.6 Å². The number of carbonyl (C=O) groups excluding carboxylic acids is 1. The van der Waals surface area contributed by atoms with E-state index in [0.717, 1.165) is 25.9 Å². The number of carbonyl (C=O) groups is 1. The molecule has 14 heavy (non-hydrogen) atoms. The summed E-state index contributed by atoms with van der Waals surface area (Å²) in [5.41, 5.74) is 0. The number of likely N-dealkylation sites (N-methyl/N-ethyl adjacent to an activating group) is 1. The maximum atomic E-state index is 11.3. The molecule has 0 saturated heterocycles. The van der Waals surface area contributed by atoms with Crippen molar-refractivity contribution in [3.63, 3.8) is 0 Å². The molecule has 0 bridgehead atoms. The van der Waals surface area contributed by atoms with E-state index in [-0.39, 0.29) is 17.2 Å². The molecule has 0 aliphatic heterocycles. The molecular formula is C11H22ClNO. The van der Waals surface area contributed by atoms with Crippen molar-refractivity contribution >= 4 is 16.8 Å². The van der Waals surface area contributed by atoms with Crippen molar-refractivity contribution in [3.05, 3.63) is 0 Å². The highest BCUT2D eigenvalue weighted by Gasteiger charge is 2.25. The third kappa shape index (κ3) is 4.43. The predicted octanol–water partition coefficient (Wildman–Crippen LogP) is 2.90. The molecule has 0 amide bonds. The molecule has 3 heteroatoms. The van der Waals surface area contributed by atoms with Crippen molar-refractivity contribution in [3.8, 4) is 0 Å². The lowest BCUT2D eigenvalue weighted by Crippen LogP contribution is -2.43. The first-order valence-electron chi connectivity index (χ1n) is 5.47. The lowest BCUT2D eigenvalue weighted by Gasteiger charge is -2.30. The molecule has 84 valence electrons. The summed E-state index contributed by atoms with van der Waals surface area (Å²) in [6.45, 7) is 10.2. The molecule has 0 aliphatic carbocycles. The molecule has 0 aromatic heterocycles. The van der Waals surface area contributed by atoms with Gasteiger partial charge in [0.2, 0.25) is 5.24 Å². The molecule has 0 aromatic rings. The third-order valence-corrected chi connectivity index (χ3v) is 2.69. The Kier molecular flexibility index (Phi) is 7.20. The van der Waals surface area contributed by atoms with Crippen LogP contribution in [0.2, 0.25) is 0 Å². The van der Waals surface area contributed by atoms with Crippen LogP contribution in [-0.2, 0) is 4.79 Å². The largest absolute Gasteiger partial charge is 0.293 e. The van der Waals surface area contributed by atoms with E-state index in [1.54, 1.807) is 0 Å². The van der Waals surface area contributed by atoms with Crippen molar-refractivity contribution in [1.29, 1.82) is 0 Å². The second kappa shape index (κ2) is 7.24. The lowest BCUT2D eigenvalue weighted by atomic mass is 10.0. The fourth-order valence-corrected chi connectivity index (χ4v) is 2.07. The second-order valence-corrected chi connectivity index (χ2v) is 4.35. The molecule has 0 aromatic carbocycles. The van der Waals surface area contributed by atoms with E-state index in [9.17, 15) is 4.79 Å². The number of rotatable bonds is 7. The minimum absolute atomic E-state index is 0.117. The monoisotopic (exact) mass is 219 g/mol. The van der Waals surface area contributed by atoms with Crippen molar-refractivity contribution in [2.24, 2.45) is 5.92 Å². The van der Waals surface area contributed by atoms with Gasteiger partial charge in [-0.25, -0.2) is 0 Å². The summed E-state index contributed by atoms with van der Waals surface area (Å²) < 4.78 is 0. The van der Waals surface area contributed by atoms with Crippen LogP contribution < -0.4 is 0 Å². The van der Waals surface area contributed by atoms with Gasteiger partial charge in [-0.1, -0.05) is 34.1 Å². The van der Waals surface area contributed by atoms with Gasteiger partial charge >= 0.3 is 0 Å². The molecule has 0 radical (unpaired) electrons. The van der Waals surface area contributed by atoms with Gasteiger partial charge in [0.05, 0.1) is 6.04 Å². The molecule has 0 N–H and O–H groups in total. The van der Waals surface area contributed by atoms with Crippen LogP contribution in [0.1, 0.15) is 40.5 Å². The van der Waals surface area contributed by atoms with Crippen LogP contribution in [0, 0.1) is 5.92 Å². The molecular weight excluding hydrogens is 198 g/mol. The zero-order chi connectivity index (χ0) is 11.1. The fourth-order valence-electron chi connectivity index (χ4n) is 1.68. The Balaban J connectivity index is 4.34. The summed E-state index contributed by atoms with van der Waals surface area (Å²) in [7, 11) is 0. The highest BCUT2D eigenvalue weighted by molar-refractivity contribution is 6.64. The van der Waals surface area contributed by atoms with Crippen molar-refractivity contribution in [2.45, 2.75) is 46.6 Å². The minimum Gasteiger partial charge on any atom is -0.293 e. The maximum Gasteiger partial charge on any atom is 0.239 e. The first-order valence-corrected chi connectivity index (χ1v) is 5.85. The van der Waals surface area contributed by atoms with Gasteiger partial charge in [-0.3, -0.25) is 9.69 Å². The van der Waals surface area contributed by atoms with Gasteiger partial charge in [0.1, 0.15) is 0 Å². The average Bonchev–Trinajstić information content (AvgIpc) is 2.10. The Morgan fingerprint density at radius 3 is 2.21 bits per heavy atom. The van der Waals surface area contributed by atoms with Crippen LogP contribution in [0.4, 0.5) is 0 Å². The number of halogens is 1. The first kappa shape index (κ1) is 13.9. The number of unbranched alkanes of at least 4 members (excludes halogenated alkanes) is 1. The average molecular weight is 220 g/mol. The Bertz CT molecular complexity index is 171. The summed E-state index contributed by atoms with van der Waals surface area (Å²) in [6.07, 6.45) is 2.28. The smallest absolute Gasteiger partial charge is 0.239 e. The molecule has 1 unspecified atom stereocenters. The molecule has 0 rings (SSSR count). The summed E-state index contributed by atoms with van der Waals surface area (Å²) in [5.74, 6) is 0.289. The molecule has 1 atom stereocenters. The predicted molar refractivity (Wildman–Crippen MR) is 61.6 cm³/mol. The standard InChI is InChI=1S/C11H22ClNO/c1-5-7-8-13(6-2)10(9(3)4)11(12)14/h9-10H,5-8H2,1-4H3. The van der Waals surface area contributed by atoms with Gasteiger partial charge in [-0.2, -0.15) is 0 Å². The zero-order valence-corrected chi connectivity index (χ0v) is 10.5. The van der Waals surface area contributed by atoms with E-state index in [0.29, 0.717) is 0 Å². The van der Waals surface area contributed by atoms with E-state index in [4.69, 9.17) is 11.6 Å². The highest BCUT2D eigenvalue weighted by Crippen LogP contribution is 2.14. The van der Waals surface area contributed by atoms with Crippen molar-refractivity contribution < 1.29 is 4.79 Å². The normalized spacial score (nSPS) is 13.6. The van der Waals surface area contributed by atoms with Gasteiger partial charge in [-0.05, 0) is 37.0 Å². The van der Waals surface area contributed by atoms with E-state index in [2.05, 4.69) is 18.7 Å². The molecule has 0 saturated carbocycles. The van der Waals surface area contributed by atoms with Gasteiger partial charge in [0, 0.05) is 0 Å². The Hall–Kier alpha value is -0.0800. The van der Waals surface area contributed by atoms with Crippen LogP contribution in [-0.4, -0.2) is 29.3 Å². The second-order valence-electron chi connectivity index (χ2n) is 3.98. The number of hydrogen-bond donors (Lipinski definition) is 0. The number of nitrogens with zero attached hydrogens (tertiary/aromatic N) is 1. The SMILES string of the molecule is CCCCN(CC)C(C(=O)Cl)C(C)C. The van der Waals surface area contributed by atoms with Crippen molar-refractivity contribution in [2.75, 3.05) is 13.1 Å². The molecule has 0 spiro atoms. The zero-order valence-electron chi connectivity index (χ0n) is 9.72. The van der Waals surface area contributed by atoms with Gasteiger partial charge in [0.25, 0.3) is 0 Å². The van der Waals surface area contributed by atoms with E-state index < -0.39 is 0 Å². The Morgan fingerprint density at radius 1 is 1.36 bits per heavy atom. The van der Waals surface area contributed by atoms with Crippen LogP contribution in [0.3, 0.4) is 0 Å². The fraction of sp³-hybridized carbons (Fsp3) is 0.909. The maximum absolute atomic E-state index is 11.3. The first-order chi connectivity index (χ1) is 6.54. The summed E-state index contributed by atoms with van der Waals surface area (Å²) >= 11 is 5.61. The van der Waals surface area contributed by atoms with Gasteiger partial charge < -0.3 is 0 Å². The molecule has 2 nitrogen and oxygen atoms in total. The minimum atomic E-state index is -0.224. The molecule has 0 aliphatic rings. The molecule has 0 heterocycles. The summed E-state index contributed by atoms with van der Waals surface area (Å²) in [4.78, 5) is 13.4.